The van der Waals surface area contributed by atoms with E-state index in [-0.39, 0.29) is 36.6 Å². The Bertz CT molecular complexity index is 1430. The lowest BCUT2D eigenvalue weighted by Crippen LogP contribution is -2.31. The molecule has 8 heteroatoms. The number of carbonyl (C=O) groups is 2. The summed E-state index contributed by atoms with van der Waals surface area (Å²) in [5.74, 6) is -0.376. The first kappa shape index (κ1) is 26.9. The number of amides is 2. The van der Waals surface area contributed by atoms with Gasteiger partial charge in [0.15, 0.2) is 0 Å². The number of hydrogen-bond acceptors (Lipinski definition) is 5. The van der Waals surface area contributed by atoms with Crippen LogP contribution in [0.3, 0.4) is 0 Å². The summed E-state index contributed by atoms with van der Waals surface area (Å²) in [5.41, 5.74) is 6.53. The van der Waals surface area contributed by atoms with E-state index in [4.69, 9.17) is 0 Å². The van der Waals surface area contributed by atoms with Crippen LogP contribution in [0.2, 0.25) is 0 Å². The van der Waals surface area contributed by atoms with Crippen LogP contribution < -0.4 is 16.2 Å². The minimum absolute atomic E-state index is 0.0364. The van der Waals surface area contributed by atoms with Crippen molar-refractivity contribution in [3.8, 4) is 11.1 Å². The van der Waals surface area contributed by atoms with Crippen molar-refractivity contribution in [2.75, 3.05) is 18.4 Å². The maximum absolute atomic E-state index is 13.4. The number of aliphatic hydroxyl groups is 1. The third-order valence-corrected chi connectivity index (χ3v) is 7.08. The quantitative estimate of drug-likeness (QED) is 0.343. The summed E-state index contributed by atoms with van der Waals surface area (Å²) in [6.45, 7) is 10.4. The molecule has 0 bridgehead atoms. The number of nitrogens with one attached hydrogen (secondary N) is 3. The van der Waals surface area contributed by atoms with Gasteiger partial charge in [-0.25, -0.2) is 0 Å². The molecule has 0 aliphatic carbocycles. The van der Waals surface area contributed by atoms with E-state index < -0.39 is 0 Å². The minimum atomic E-state index is -0.284. The van der Waals surface area contributed by atoms with Gasteiger partial charge >= 0.3 is 0 Å². The standard InChI is InChI=1S/C30H34N4O4/c1-5-28(36)34-11-10-24(16-34)33-27-14-23(22-8-6-21(17-35)7-9-22)13-25(20(27)4)29(37)31-15-26-18(2)12-19(3)32-30(26)38/h5-9,12-14,24,33,35H,1,10-11,15-17H2,2-4H3,(H,31,37)(H,32,38). The van der Waals surface area contributed by atoms with Crippen molar-refractivity contribution >= 4 is 17.5 Å². The second kappa shape index (κ2) is 11.5. The van der Waals surface area contributed by atoms with Crippen LogP contribution in [0.4, 0.5) is 5.69 Å². The van der Waals surface area contributed by atoms with E-state index in [1.807, 2.05) is 63.2 Å². The Labute approximate surface area is 222 Å². The summed E-state index contributed by atoms with van der Waals surface area (Å²) < 4.78 is 0. The van der Waals surface area contributed by atoms with Crippen LogP contribution in [0.1, 0.15) is 44.7 Å². The number of aromatic amines is 1. The summed E-state index contributed by atoms with van der Waals surface area (Å²) in [4.78, 5) is 42.5. The highest BCUT2D eigenvalue weighted by Crippen LogP contribution is 2.30. The smallest absolute Gasteiger partial charge is 0.253 e. The first-order valence-corrected chi connectivity index (χ1v) is 12.7. The van der Waals surface area contributed by atoms with Crippen molar-refractivity contribution in [2.45, 2.75) is 46.4 Å². The summed E-state index contributed by atoms with van der Waals surface area (Å²) >= 11 is 0. The van der Waals surface area contributed by atoms with Gasteiger partial charge < -0.3 is 25.6 Å². The van der Waals surface area contributed by atoms with E-state index in [1.54, 1.807) is 4.90 Å². The lowest BCUT2D eigenvalue weighted by Gasteiger charge is -2.20. The zero-order chi connectivity index (χ0) is 27.4. The first-order chi connectivity index (χ1) is 18.2. The molecule has 1 aromatic heterocycles. The maximum Gasteiger partial charge on any atom is 0.253 e. The van der Waals surface area contributed by atoms with Crippen LogP contribution in [-0.4, -0.2) is 45.9 Å². The molecule has 1 saturated heterocycles. The first-order valence-electron chi connectivity index (χ1n) is 12.7. The summed E-state index contributed by atoms with van der Waals surface area (Å²) in [6.07, 6.45) is 2.11. The fraction of sp³-hybridized carbons (Fsp3) is 0.300. The number of aliphatic hydroxyl groups excluding tert-OH is 1. The molecule has 1 atom stereocenters. The van der Waals surface area contributed by atoms with E-state index in [1.165, 1.54) is 6.08 Å². The second-order valence-corrected chi connectivity index (χ2v) is 9.80. The zero-order valence-corrected chi connectivity index (χ0v) is 22.1. The fourth-order valence-corrected chi connectivity index (χ4v) is 4.86. The molecule has 1 aliphatic heterocycles. The van der Waals surface area contributed by atoms with Gasteiger partial charge in [-0.2, -0.15) is 0 Å². The molecule has 0 spiro atoms. The predicted octanol–water partition coefficient (Wildman–Crippen LogP) is 3.59. The third-order valence-electron chi connectivity index (χ3n) is 7.08. The topological polar surface area (TPSA) is 115 Å². The van der Waals surface area contributed by atoms with Gasteiger partial charge in [-0.1, -0.05) is 30.8 Å². The Balaban J connectivity index is 1.65. The fourth-order valence-electron chi connectivity index (χ4n) is 4.86. The highest BCUT2D eigenvalue weighted by molar-refractivity contribution is 5.98. The molecule has 4 N–H and O–H groups in total. The highest BCUT2D eigenvalue weighted by atomic mass is 16.3. The number of anilines is 1. The molecule has 2 heterocycles. The van der Waals surface area contributed by atoms with Gasteiger partial charge in [-0.3, -0.25) is 14.4 Å². The number of benzene rings is 2. The van der Waals surface area contributed by atoms with Gasteiger partial charge in [-0.15, -0.1) is 0 Å². The molecule has 1 unspecified atom stereocenters. The molecular weight excluding hydrogens is 480 g/mol. The number of carbonyl (C=O) groups excluding carboxylic acids is 2. The Hall–Kier alpha value is -4.17. The van der Waals surface area contributed by atoms with E-state index in [9.17, 15) is 19.5 Å². The monoisotopic (exact) mass is 514 g/mol. The van der Waals surface area contributed by atoms with Crippen molar-refractivity contribution in [1.82, 2.24) is 15.2 Å². The lowest BCUT2D eigenvalue weighted by molar-refractivity contribution is -0.125. The van der Waals surface area contributed by atoms with Gasteiger partial charge in [0, 0.05) is 48.2 Å². The van der Waals surface area contributed by atoms with Crippen LogP contribution in [0.15, 0.2) is 59.9 Å². The molecule has 2 aromatic carbocycles. The van der Waals surface area contributed by atoms with Crippen LogP contribution in [0.5, 0.6) is 0 Å². The Morgan fingerprint density at radius 1 is 1.13 bits per heavy atom. The third kappa shape index (κ3) is 5.86. The van der Waals surface area contributed by atoms with Crippen molar-refractivity contribution in [3.63, 3.8) is 0 Å². The molecule has 0 radical (unpaired) electrons. The summed E-state index contributed by atoms with van der Waals surface area (Å²) in [7, 11) is 0. The number of aromatic nitrogens is 1. The summed E-state index contributed by atoms with van der Waals surface area (Å²) in [6, 6.07) is 13.3. The van der Waals surface area contributed by atoms with Crippen molar-refractivity contribution in [1.29, 1.82) is 0 Å². The molecule has 198 valence electrons. The predicted molar refractivity (Wildman–Crippen MR) is 149 cm³/mol. The molecule has 0 saturated carbocycles. The number of H-pyrrole nitrogens is 1. The molecule has 3 aromatic rings. The van der Waals surface area contributed by atoms with Gasteiger partial charge in [-0.05, 0) is 79.3 Å². The number of pyridine rings is 1. The Morgan fingerprint density at radius 2 is 1.87 bits per heavy atom. The van der Waals surface area contributed by atoms with Crippen molar-refractivity contribution < 1.29 is 14.7 Å². The number of rotatable bonds is 8. The van der Waals surface area contributed by atoms with Gasteiger partial charge in [0.25, 0.3) is 11.5 Å². The van der Waals surface area contributed by atoms with E-state index in [0.717, 1.165) is 45.6 Å². The maximum atomic E-state index is 13.4. The molecule has 1 aliphatic rings. The van der Waals surface area contributed by atoms with Crippen LogP contribution in [-0.2, 0) is 17.9 Å². The van der Waals surface area contributed by atoms with Crippen LogP contribution >= 0.6 is 0 Å². The molecule has 1 fully saturated rings. The van der Waals surface area contributed by atoms with Crippen molar-refractivity contribution in [2.24, 2.45) is 0 Å². The number of aryl methyl sites for hydroxylation is 2. The van der Waals surface area contributed by atoms with Crippen LogP contribution in [0.25, 0.3) is 11.1 Å². The van der Waals surface area contributed by atoms with Crippen molar-refractivity contribution in [3.05, 3.63) is 99.0 Å². The molecular formula is C30H34N4O4. The molecule has 4 rings (SSSR count). The Kier molecular flexibility index (Phi) is 8.12. The molecule has 38 heavy (non-hydrogen) atoms. The molecule has 2 amide bonds. The summed E-state index contributed by atoms with van der Waals surface area (Å²) in [5, 5.41) is 15.9. The van der Waals surface area contributed by atoms with Gasteiger partial charge in [0.05, 0.1) is 6.61 Å². The largest absolute Gasteiger partial charge is 0.392 e. The number of likely N-dealkylation sites (tertiary alicyclic amines) is 1. The Morgan fingerprint density at radius 3 is 2.53 bits per heavy atom. The normalized spacial score (nSPS) is 14.8. The number of hydrogen-bond donors (Lipinski definition) is 4. The van der Waals surface area contributed by atoms with Gasteiger partial charge in [0.1, 0.15) is 0 Å². The highest BCUT2D eigenvalue weighted by Gasteiger charge is 2.26. The molecule has 8 nitrogen and oxygen atoms in total. The minimum Gasteiger partial charge on any atom is -0.392 e. The van der Waals surface area contributed by atoms with E-state index in [0.29, 0.717) is 24.2 Å². The average Bonchev–Trinajstić information content (AvgIpc) is 3.37. The lowest BCUT2D eigenvalue weighted by atomic mass is 9.96. The SMILES string of the molecule is C=CC(=O)N1CCC(Nc2cc(-c3ccc(CO)cc3)cc(C(=O)NCc3c(C)cc(C)[nH]c3=O)c2C)C1. The average molecular weight is 515 g/mol. The number of nitrogens with zero attached hydrogens (tertiary/aromatic N) is 1. The van der Waals surface area contributed by atoms with Gasteiger partial charge in [0.2, 0.25) is 5.91 Å². The van der Waals surface area contributed by atoms with Crippen LogP contribution in [0, 0.1) is 20.8 Å². The van der Waals surface area contributed by atoms with E-state index in [2.05, 4.69) is 22.2 Å². The van der Waals surface area contributed by atoms with E-state index >= 15 is 0 Å². The second-order valence-electron chi connectivity index (χ2n) is 9.80. The zero-order valence-electron chi connectivity index (χ0n) is 22.1.